The van der Waals surface area contributed by atoms with Crippen molar-refractivity contribution in [1.29, 1.82) is 0 Å². The molecule has 3 amide bonds. The lowest BCUT2D eigenvalue weighted by molar-refractivity contribution is 0.0899. The lowest BCUT2D eigenvalue weighted by Crippen LogP contribution is -2.44. The summed E-state index contributed by atoms with van der Waals surface area (Å²) in [4.78, 5) is 22.6. The van der Waals surface area contributed by atoms with Crippen molar-refractivity contribution in [3.05, 3.63) is 35.4 Å². The molecular weight excluding hydrogens is 258 g/mol. The van der Waals surface area contributed by atoms with Gasteiger partial charge < -0.3 is 21.5 Å². The number of nitrogens with one attached hydrogen (secondary N) is 2. The number of rotatable bonds is 6. The second kappa shape index (κ2) is 6.91. The van der Waals surface area contributed by atoms with Gasteiger partial charge in [0.1, 0.15) is 0 Å². The molecule has 0 heterocycles. The first-order chi connectivity index (χ1) is 9.34. The Morgan fingerprint density at radius 3 is 2.35 bits per heavy atom. The number of hydrogen-bond acceptors (Lipinski definition) is 3. The molecule has 0 radical (unpaired) electrons. The van der Waals surface area contributed by atoms with E-state index in [1.807, 2.05) is 13.8 Å². The Morgan fingerprint density at radius 1 is 1.25 bits per heavy atom. The molecule has 0 aliphatic carbocycles. The van der Waals surface area contributed by atoms with Crippen molar-refractivity contribution < 1.29 is 14.7 Å². The Hall–Kier alpha value is -2.08. The van der Waals surface area contributed by atoms with E-state index in [4.69, 9.17) is 10.8 Å². The monoisotopic (exact) mass is 279 g/mol. The number of aliphatic hydroxyl groups is 1. The molecule has 6 nitrogen and oxygen atoms in total. The van der Waals surface area contributed by atoms with Crippen LogP contribution in [-0.2, 0) is 6.54 Å². The second-order valence-corrected chi connectivity index (χ2v) is 5.23. The predicted molar refractivity (Wildman–Crippen MR) is 76.1 cm³/mol. The number of nitrogens with two attached hydrogens (primary N) is 1. The maximum Gasteiger partial charge on any atom is 0.312 e. The minimum atomic E-state index is -0.586. The molecule has 0 aliphatic rings. The standard InChI is InChI=1S/C14H21N3O3/c1-14(2,7-8-18)17-12(19)11-5-3-10(4-6-11)9-16-13(15)20/h3-6,18H,7-9H2,1-2H3,(H,17,19)(H3,15,16,20). The van der Waals surface area contributed by atoms with E-state index < -0.39 is 11.6 Å². The van der Waals surface area contributed by atoms with Crippen molar-refractivity contribution in [2.75, 3.05) is 6.61 Å². The first-order valence-electron chi connectivity index (χ1n) is 6.40. The largest absolute Gasteiger partial charge is 0.396 e. The van der Waals surface area contributed by atoms with Gasteiger partial charge in [-0.1, -0.05) is 12.1 Å². The van der Waals surface area contributed by atoms with Gasteiger partial charge in [-0.3, -0.25) is 4.79 Å². The number of carbonyl (C=O) groups is 2. The zero-order chi connectivity index (χ0) is 15.2. The number of hydrogen-bond donors (Lipinski definition) is 4. The fourth-order valence-electron chi connectivity index (χ4n) is 1.68. The van der Waals surface area contributed by atoms with Crippen LogP contribution in [0.4, 0.5) is 4.79 Å². The van der Waals surface area contributed by atoms with Gasteiger partial charge in [0.25, 0.3) is 5.91 Å². The summed E-state index contributed by atoms with van der Waals surface area (Å²) in [6.45, 7) is 4.05. The van der Waals surface area contributed by atoms with Crippen molar-refractivity contribution in [3.63, 3.8) is 0 Å². The molecule has 6 heteroatoms. The number of benzene rings is 1. The molecule has 0 aromatic heterocycles. The summed E-state index contributed by atoms with van der Waals surface area (Å²) in [5, 5.41) is 14.3. The van der Waals surface area contributed by atoms with Crippen LogP contribution < -0.4 is 16.4 Å². The van der Waals surface area contributed by atoms with E-state index in [0.29, 0.717) is 18.5 Å². The summed E-state index contributed by atoms with van der Waals surface area (Å²) in [5.41, 5.74) is 5.90. The lowest BCUT2D eigenvalue weighted by atomic mass is 10.0. The summed E-state index contributed by atoms with van der Waals surface area (Å²) in [7, 11) is 0. The Morgan fingerprint density at radius 2 is 1.85 bits per heavy atom. The molecule has 20 heavy (non-hydrogen) atoms. The highest BCUT2D eigenvalue weighted by atomic mass is 16.3. The van der Waals surface area contributed by atoms with Crippen LogP contribution >= 0.6 is 0 Å². The van der Waals surface area contributed by atoms with Crippen LogP contribution in [-0.4, -0.2) is 29.2 Å². The highest BCUT2D eigenvalue weighted by Crippen LogP contribution is 2.10. The third-order valence-electron chi connectivity index (χ3n) is 2.87. The van der Waals surface area contributed by atoms with Crippen molar-refractivity contribution in [1.82, 2.24) is 10.6 Å². The van der Waals surface area contributed by atoms with Crippen molar-refractivity contribution in [3.8, 4) is 0 Å². The van der Waals surface area contributed by atoms with Crippen LogP contribution in [0.5, 0.6) is 0 Å². The van der Waals surface area contributed by atoms with Gasteiger partial charge in [0.15, 0.2) is 0 Å². The summed E-state index contributed by atoms with van der Waals surface area (Å²) < 4.78 is 0. The molecule has 5 N–H and O–H groups in total. The van der Waals surface area contributed by atoms with E-state index >= 15 is 0 Å². The topological polar surface area (TPSA) is 104 Å². The zero-order valence-corrected chi connectivity index (χ0v) is 11.8. The van der Waals surface area contributed by atoms with Crippen molar-refractivity contribution in [2.24, 2.45) is 5.73 Å². The minimum absolute atomic E-state index is 0.0189. The van der Waals surface area contributed by atoms with Gasteiger partial charge in [-0.25, -0.2) is 4.79 Å². The maximum atomic E-state index is 12.0. The molecule has 1 aromatic carbocycles. The SMILES string of the molecule is CC(C)(CCO)NC(=O)c1ccc(CNC(N)=O)cc1. The first-order valence-corrected chi connectivity index (χ1v) is 6.40. The van der Waals surface area contributed by atoms with Crippen LogP contribution in [0.2, 0.25) is 0 Å². The normalized spacial score (nSPS) is 10.9. The number of urea groups is 1. The van der Waals surface area contributed by atoms with Crippen LogP contribution in [0.3, 0.4) is 0 Å². The number of amides is 3. The van der Waals surface area contributed by atoms with Gasteiger partial charge in [0.05, 0.1) is 0 Å². The fraction of sp³-hybridized carbons (Fsp3) is 0.429. The quantitative estimate of drug-likeness (QED) is 0.617. The van der Waals surface area contributed by atoms with Crippen molar-refractivity contribution in [2.45, 2.75) is 32.4 Å². The van der Waals surface area contributed by atoms with E-state index in [9.17, 15) is 9.59 Å². The van der Waals surface area contributed by atoms with Gasteiger partial charge in [-0.15, -0.1) is 0 Å². The van der Waals surface area contributed by atoms with Crippen LogP contribution in [0.25, 0.3) is 0 Å². The molecule has 110 valence electrons. The molecule has 1 aromatic rings. The lowest BCUT2D eigenvalue weighted by Gasteiger charge is -2.25. The summed E-state index contributed by atoms with van der Waals surface area (Å²) >= 11 is 0. The Labute approximate surface area is 118 Å². The van der Waals surface area contributed by atoms with Crippen LogP contribution in [0.1, 0.15) is 36.2 Å². The minimum Gasteiger partial charge on any atom is -0.396 e. The number of carbonyl (C=O) groups excluding carboxylic acids is 2. The molecule has 0 saturated heterocycles. The average Bonchev–Trinajstić information content (AvgIpc) is 2.36. The van der Waals surface area contributed by atoms with E-state index in [0.717, 1.165) is 5.56 Å². The van der Waals surface area contributed by atoms with Gasteiger partial charge in [-0.05, 0) is 38.0 Å². The third kappa shape index (κ3) is 5.27. The first kappa shape index (κ1) is 16.0. The summed E-state index contributed by atoms with van der Waals surface area (Å²) in [6, 6.07) is 6.29. The Balaban J connectivity index is 2.63. The summed E-state index contributed by atoms with van der Waals surface area (Å²) in [5.74, 6) is -0.196. The van der Waals surface area contributed by atoms with Gasteiger partial charge >= 0.3 is 6.03 Å². The van der Waals surface area contributed by atoms with E-state index in [1.165, 1.54) is 0 Å². The highest BCUT2D eigenvalue weighted by molar-refractivity contribution is 5.94. The molecule has 0 saturated carbocycles. The Kier molecular flexibility index (Phi) is 5.52. The van der Waals surface area contributed by atoms with Gasteiger partial charge in [-0.2, -0.15) is 0 Å². The predicted octanol–water partition coefficient (Wildman–Crippen LogP) is 0.746. The van der Waals surface area contributed by atoms with Gasteiger partial charge in [0.2, 0.25) is 0 Å². The van der Waals surface area contributed by atoms with E-state index in [2.05, 4.69) is 10.6 Å². The Bertz CT molecular complexity index is 469. The van der Waals surface area contributed by atoms with E-state index in [1.54, 1.807) is 24.3 Å². The highest BCUT2D eigenvalue weighted by Gasteiger charge is 2.20. The third-order valence-corrected chi connectivity index (χ3v) is 2.87. The molecule has 0 spiro atoms. The number of aliphatic hydroxyl groups excluding tert-OH is 1. The van der Waals surface area contributed by atoms with E-state index in [-0.39, 0.29) is 12.5 Å². The zero-order valence-electron chi connectivity index (χ0n) is 11.8. The molecule has 0 aliphatic heterocycles. The molecule has 0 fully saturated rings. The fourth-order valence-corrected chi connectivity index (χ4v) is 1.68. The second-order valence-electron chi connectivity index (χ2n) is 5.23. The van der Waals surface area contributed by atoms with Crippen molar-refractivity contribution >= 4 is 11.9 Å². The summed E-state index contributed by atoms with van der Waals surface area (Å²) in [6.07, 6.45) is 0.485. The van der Waals surface area contributed by atoms with Crippen LogP contribution in [0.15, 0.2) is 24.3 Å². The molecule has 1 rings (SSSR count). The average molecular weight is 279 g/mol. The smallest absolute Gasteiger partial charge is 0.312 e. The molecule has 0 atom stereocenters. The maximum absolute atomic E-state index is 12.0. The number of primary amides is 1. The van der Waals surface area contributed by atoms with Gasteiger partial charge in [0, 0.05) is 24.3 Å². The van der Waals surface area contributed by atoms with Crippen LogP contribution in [0, 0.1) is 0 Å². The molecule has 0 bridgehead atoms. The molecule has 0 unspecified atom stereocenters. The molecular formula is C14H21N3O3.